The van der Waals surface area contributed by atoms with Gasteiger partial charge in [0.25, 0.3) is 0 Å². The van der Waals surface area contributed by atoms with E-state index >= 15 is 0 Å². The molecular weight excluding hydrogens is 544 g/mol. The summed E-state index contributed by atoms with van der Waals surface area (Å²) in [6, 6.07) is 20.5. The zero-order valence-electron chi connectivity index (χ0n) is 18.8. The van der Waals surface area contributed by atoms with Gasteiger partial charge in [-0.1, -0.05) is 18.2 Å². The van der Waals surface area contributed by atoms with Crippen molar-refractivity contribution in [2.75, 3.05) is 0 Å². The summed E-state index contributed by atoms with van der Waals surface area (Å²) in [6.45, 7) is 0. The Morgan fingerprint density at radius 2 is 1.03 bits per heavy atom. The molecule has 4 rings (SSSR count). The maximum absolute atomic E-state index is 11.2. The van der Waals surface area contributed by atoms with Crippen LogP contribution in [0.25, 0.3) is 11.1 Å². The van der Waals surface area contributed by atoms with Crippen LogP contribution in [0.1, 0.15) is 20.7 Å². The molecule has 184 valence electrons. The summed E-state index contributed by atoms with van der Waals surface area (Å²) in [4.78, 5) is 22.3. The molecule has 0 unspecified atom stereocenters. The zero-order valence-corrected chi connectivity index (χ0v) is 20.4. The molecule has 0 aliphatic heterocycles. The van der Waals surface area contributed by atoms with E-state index in [0.29, 0.717) is 21.5 Å². The van der Waals surface area contributed by atoms with Crippen LogP contribution >= 0.6 is 15.9 Å². The van der Waals surface area contributed by atoms with E-state index in [1.54, 1.807) is 18.2 Å². The van der Waals surface area contributed by atoms with Crippen molar-refractivity contribution in [1.82, 2.24) is 0 Å². The molecule has 4 aromatic carbocycles. The minimum atomic E-state index is -1.26. The van der Waals surface area contributed by atoms with E-state index in [1.807, 2.05) is 24.3 Å². The van der Waals surface area contributed by atoms with Crippen molar-refractivity contribution in [3.8, 4) is 22.6 Å². The Morgan fingerprint density at radius 3 is 1.54 bits per heavy atom. The van der Waals surface area contributed by atoms with Gasteiger partial charge in [-0.25, -0.2) is 9.59 Å². The van der Waals surface area contributed by atoms with Crippen LogP contribution in [0.3, 0.4) is 0 Å². The second kappa shape index (κ2) is 10.8. The first kappa shape index (κ1) is 25.2. The Morgan fingerprint density at radius 1 is 0.568 bits per heavy atom. The van der Waals surface area contributed by atoms with Gasteiger partial charge in [0.1, 0.15) is 22.6 Å². The molecular formula is C26H17BrN4O6. The average molecular weight is 561 g/mol. The number of carbonyl (C=O) groups is 2. The predicted octanol–water partition coefficient (Wildman–Crippen LogP) is 7.75. The lowest BCUT2D eigenvalue weighted by atomic mass is 10.1. The van der Waals surface area contributed by atoms with Crippen LogP contribution in [-0.4, -0.2) is 32.4 Å². The lowest BCUT2D eigenvalue weighted by Gasteiger charge is -2.05. The van der Waals surface area contributed by atoms with Crippen molar-refractivity contribution < 1.29 is 30.0 Å². The summed E-state index contributed by atoms with van der Waals surface area (Å²) < 4.78 is 0.663. The number of rotatable bonds is 7. The normalized spacial score (nSPS) is 11.3. The number of carboxylic acids is 2. The van der Waals surface area contributed by atoms with Crippen LogP contribution in [-0.2, 0) is 0 Å². The van der Waals surface area contributed by atoms with E-state index in [0.717, 1.165) is 11.1 Å². The van der Waals surface area contributed by atoms with Crippen LogP contribution < -0.4 is 0 Å². The van der Waals surface area contributed by atoms with Crippen molar-refractivity contribution in [2.24, 2.45) is 20.5 Å². The maximum Gasteiger partial charge on any atom is 0.339 e. The molecule has 0 atom stereocenters. The maximum atomic E-state index is 11.2. The number of azo groups is 2. The van der Waals surface area contributed by atoms with Crippen LogP contribution in [0.5, 0.6) is 11.5 Å². The molecule has 0 saturated heterocycles. The van der Waals surface area contributed by atoms with Crippen molar-refractivity contribution in [2.45, 2.75) is 0 Å². The third-order valence-electron chi connectivity index (χ3n) is 5.12. The molecule has 0 aliphatic rings. The second-order valence-electron chi connectivity index (χ2n) is 7.63. The standard InChI is InChI=1S/C26H17BrN4O6/c27-21-11-15(3-8-22(21)31-30-18-7-10-24(33)20(13-18)26(36)37)14-1-4-16(5-2-14)28-29-17-6-9-23(32)19(12-17)25(34)35/h1-13,32-33H,(H,34,35)(H,36,37). The first-order valence-corrected chi connectivity index (χ1v) is 11.4. The molecule has 11 heteroatoms. The van der Waals surface area contributed by atoms with Gasteiger partial charge in [0.2, 0.25) is 0 Å². The van der Waals surface area contributed by atoms with Crippen molar-refractivity contribution in [3.05, 3.63) is 94.5 Å². The topological polar surface area (TPSA) is 164 Å². The van der Waals surface area contributed by atoms with Gasteiger partial charge in [-0.3, -0.25) is 0 Å². The van der Waals surface area contributed by atoms with Crippen molar-refractivity contribution in [3.63, 3.8) is 0 Å². The lowest BCUT2D eigenvalue weighted by Crippen LogP contribution is -1.95. The van der Waals surface area contributed by atoms with E-state index < -0.39 is 11.9 Å². The van der Waals surface area contributed by atoms with E-state index in [1.165, 1.54) is 36.4 Å². The van der Waals surface area contributed by atoms with Gasteiger partial charge in [0.15, 0.2) is 0 Å². The Hall–Kier alpha value is -4.90. The monoisotopic (exact) mass is 560 g/mol. The second-order valence-corrected chi connectivity index (χ2v) is 8.48. The van der Waals surface area contributed by atoms with E-state index in [-0.39, 0.29) is 28.3 Å². The number of aromatic hydroxyl groups is 2. The summed E-state index contributed by atoms with van der Waals surface area (Å²) in [6.07, 6.45) is 0. The highest BCUT2D eigenvalue weighted by Gasteiger charge is 2.11. The van der Waals surface area contributed by atoms with Gasteiger partial charge in [-0.15, -0.1) is 5.11 Å². The van der Waals surface area contributed by atoms with Crippen LogP contribution in [0, 0.1) is 0 Å². The number of benzene rings is 4. The summed E-state index contributed by atoms with van der Waals surface area (Å²) in [7, 11) is 0. The average Bonchev–Trinajstić information content (AvgIpc) is 2.88. The number of nitrogens with zero attached hydrogens (tertiary/aromatic N) is 4. The Kier molecular flexibility index (Phi) is 7.35. The molecule has 0 saturated carbocycles. The molecule has 0 aromatic heterocycles. The molecule has 4 N–H and O–H groups in total. The van der Waals surface area contributed by atoms with Crippen LogP contribution in [0.15, 0.2) is 104 Å². The summed E-state index contributed by atoms with van der Waals surface area (Å²) in [5.41, 5.74) is 2.90. The van der Waals surface area contributed by atoms with Gasteiger partial charge in [0.05, 0.1) is 22.7 Å². The van der Waals surface area contributed by atoms with E-state index in [9.17, 15) is 19.8 Å². The first-order valence-electron chi connectivity index (χ1n) is 10.6. The molecule has 0 aliphatic carbocycles. The molecule has 37 heavy (non-hydrogen) atoms. The minimum absolute atomic E-state index is 0.256. The fraction of sp³-hybridized carbons (Fsp3) is 0. The molecule has 0 spiro atoms. The quantitative estimate of drug-likeness (QED) is 0.168. The van der Waals surface area contributed by atoms with Gasteiger partial charge >= 0.3 is 11.9 Å². The fourth-order valence-electron chi connectivity index (χ4n) is 3.23. The predicted molar refractivity (Wildman–Crippen MR) is 138 cm³/mol. The van der Waals surface area contributed by atoms with Gasteiger partial charge < -0.3 is 20.4 Å². The zero-order chi connectivity index (χ0) is 26.5. The summed E-state index contributed by atoms with van der Waals surface area (Å²) in [5.74, 6) is -3.22. The molecule has 0 amide bonds. The number of phenols is 2. The number of aromatic carboxylic acids is 2. The molecule has 0 bridgehead atoms. The molecule has 0 fully saturated rings. The number of hydrogen-bond donors (Lipinski definition) is 4. The van der Waals surface area contributed by atoms with Gasteiger partial charge in [0, 0.05) is 4.47 Å². The van der Waals surface area contributed by atoms with Crippen molar-refractivity contribution >= 4 is 50.6 Å². The Balaban J connectivity index is 1.49. The highest BCUT2D eigenvalue weighted by atomic mass is 79.9. The largest absolute Gasteiger partial charge is 0.507 e. The molecule has 10 nitrogen and oxygen atoms in total. The third kappa shape index (κ3) is 6.03. The molecule has 0 radical (unpaired) electrons. The summed E-state index contributed by atoms with van der Waals surface area (Å²) in [5, 5.41) is 53.8. The third-order valence-corrected chi connectivity index (χ3v) is 5.76. The highest BCUT2D eigenvalue weighted by molar-refractivity contribution is 9.10. The van der Waals surface area contributed by atoms with Crippen molar-refractivity contribution in [1.29, 1.82) is 0 Å². The van der Waals surface area contributed by atoms with E-state index in [2.05, 4.69) is 36.4 Å². The van der Waals surface area contributed by atoms with Gasteiger partial charge in [-0.05, 0) is 87.7 Å². The highest BCUT2D eigenvalue weighted by Crippen LogP contribution is 2.34. The van der Waals surface area contributed by atoms with Crippen LogP contribution in [0.4, 0.5) is 22.7 Å². The van der Waals surface area contributed by atoms with Crippen LogP contribution in [0.2, 0.25) is 0 Å². The van der Waals surface area contributed by atoms with Gasteiger partial charge in [-0.2, -0.15) is 15.3 Å². The first-order chi connectivity index (χ1) is 17.7. The number of carboxylic acid groups (broad SMARTS) is 2. The molecule has 4 aromatic rings. The Labute approximate surface area is 218 Å². The minimum Gasteiger partial charge on any atom is -0.507 e. The molecule has 0 heterocycles. The Bertz CT molecular complexity index is 1570. The fourth-order valence-corrected chi connectivity index (χ4v) is 3.69. The number of hydrogen-bond acceptors (Lipinski definition) is 8. The number of halogens is 1. The smallest absolute Gasteiger partial charge is 0.339 e. The SMILES string of the molecule is O=C(O)c1cc(N=Nc2ccc(-c3ccc(N=Nc4ccc(O)c(C(=O)O)c4)c(Br)c3)cc2)ccc1O. The van der Waals surface area contributed by atoms with E-state index in [4.69, 9.17) is 10.2 Å². The lowest BCUT2D eigenvalue weighted by molar-refractivity contribution is 0.0682. The summed E-state index contributed by atoms with van der Waals surface area (Å²) >= 11 is 3.47.